The fourth-order valence-corrected chi connectivity index (χ4v) is 7.31. The second-order valence-electron chi connectivity index (χ2n) is 15.1. The number of allylic oxidation sites excluding steroid dienone is 3. The summed E-state index contributed by atoms with van der Waals surface area (Å²) in [4.78, 5) is 40.6. The summed E-state index contributed by atoms with van der Waals surface area (Å²) in [7, 11) is 0. The first-order valence-electron chi connectivity index (χ1n) is 16.6. The van der Waals surface area contributed by atoms with E-state index in [0.717, 1.165) is 24.0 Å². The van der Waals surface area contributed by atoms with Crippen molar-refractivity contribution in [3.8, 4) is 6.07 Å². The van der Waals surface area contributed by atoms with Gasteiger partial charge in [-0.1, -0.05) is 138 Å². The number of ketones is 2. The summed E-state index contributed by atoms with van der Waals surface area (Å²) in [6.45, 7) is 12.7. The molecule has 0 aliphatic heterocycles. The van der Waals surface area contributed by atoms with Crippen LogP contribution in [0.25, 0.3) is 0 Å². The lowest BCUT2D eigenvalue weighted by Crippen LogP contribution is -2.45. The summed E-state index contributed by atoms with van der Waals surface area (Å²) in [5.74, 6) is -2.45. The molecular formula is C42H45NO4. The first-order valence-corrected chi connectivity index (χ1v) is 16.6. The highest BCUT2D eigenvalue weighted by Crippen LogP contribution is 2.52. The number of nitriles is 1. The Hall–Kier alpha value is -4.56. The van der Waals surface area contributed by atoms with Crippen molar-refractivity contribution in [1.82, 2.24) is 0 Å². The van der Waals surface area contributed by atoms with Crippen molar-refractivity contribution in [3.63, 3.8) is 0 Å². The van der Waals surface area contributed by atoms with Gasteiger partial charge >= 0.3 is 5.97 Å². The second kappa shape index (κ2) is 12.9. The molecule has 3 aliphatic carbocycles. The Labute approximate surface area is 279 Å². The van der Waals surface area contributed by atoms with E-state index in [1.165, 1.54) is 11.1 Å². The summed E-state index contributed by atoms with van der Waals surface area (Å²) in [6.07, 6.45) is 8.19. The van der Waals surface area contributed by atoms with Crippen LogP contribution in [0.3, 0.4) is 0 Å². The standard InChI is InChI=1S/C32H36O4.C10H9N/c1-30(2,3)22-13-9-20(10-14-22)27(33)32(19-7-8-24-25(29(35)36)17-18-26(24)32)28(34)21-11-15-23(16-12-21)31(4,5)6;11-7-9-6-5-8-3-1-2-4-10(8)9/h7-16,19,25-26H,17-18H2,1-6H3,(H,35,36);1-4,9H,5-6H2. The molecule has 3 atom stereocenters. The SMILES string of the molecule is CC(C)(C)c1ccc(C(=O)C2(C(=O)c3ccc(C(C)(C)C)cc3)C=CC=C3C(C(=O)O)CCC32)cc1.N#CC1CCc2ccccc21. The van der Waals surface area contributed by atoms with E-state index in [9.17, 15) is 19.5 Å². The minimum absolute atomic E-state index is 0.0648. The van der Waals surface area contributed by atoms with Crippen LogP contribution in [-0.4, -0.2) is 22.6 Å². The number of aliphatic carboxylic acids is 1. The first kappa shape index (κ1) is 33.8. The molecule has 3 aromatic rings. The molecule has 1 saturated carbocycles. The molecule has 3 aromatic carbocycles. The van der Waals surface area contributed by atoms with Gasteiger partial charge in [0.1, 0.15) is 5.41 Å². The number of hydrogen-bond donors (Lipinski definition) is 1. The van der Waals surface area contributed by atoms with Crippen LogP contribution < -0.4 is 0 Å². The van der Waals surface area contributed by atoms with Crippen molar-refractivity contribution in [2.75, 3.05) is 0 Å². The van der Waals surface area contributed by atoms with Gasteiger partial charge in [0.15, 0.2) is 11.6 Å². The molecule has 47 heavy (non-hydrogen) atoms. The van der Waals surface area contributed by atoms with Gasteiger partial charge in [0.25, 0.3) is 0 Å². The molecule has 5 heteroatoms. The summed E-state index contributed by atoms with van der Waals surface area (Å²) >= 11 is 0. The second-order valence-corrected chi connectivity index (χ2v) is 15.1. The summed E-state index contributed by atoms with van der Waals surface area (Å²) in [5.41, 5.74) is 4.81. The maximum Gasteiger partial charge on any atom is 0.310 e. The predicted octanol–water partition coefficient (Wildman–Crippen LogP) is 9.18. The molecule has 5 nitrogen and oxygen atoms in total. The molecule has 0 aromatic heterocycles. The molecule has 3 aliphatic rings. The Kier molecular flexibility index (Phi) is 9.29. The van der Waals surface area contributed by atoms with Crippen LogP contribution >= 0.6 is 0 Å². The van der Waals surface area contributed by atoms with E-state index in [4.69, 9.17) is 5.26 Å². The number of carbonyl (C=O) groups is 3. The lowest BCUT2D eigenvalue weighted by molar-refractivity contribution is -0.140. The first-order chi connectivity index (χ1) is 22.2. The van der Waals surface area contributed by atoms with E-state index in [2.05, 4.69) is 59.7 Å². The monoisotopic (exact) mass is 627 g/mol. The van der Waals surface area contributed by atoms with Gasteiger partial charge in [0.2, 0.25) is 0 Å². The number of carboxylic acids is 1. The normalized spacial score (nSPS) is 21.0. The molecule has 1 fully saturated rings. The molecular weight excluding hydrogens is 582 g/mol. The summed E-state index contributed by atoms with van der Waals surface area (Å²) in [6, 6.07) is 25.5. The van der Waals surface area contributed by atoms with E-state index < -0.39 is 23.2 Å². The smallest absolute Gasteiger partial charge is 0.310 e. The zero-order valence-electron chi connectivity index (χ0n) is 28.3. The van der Waals surface area contributed by atoms with Crippen molar-refractivity contribution >= 4 is 17.5 Å². The van der Waals surface area contributed by atoms with E-state index >= 15 is 0 Å². The van der Waals surface area contributed by atoms with Crippen molar-refractivity contribution in [3.05, 3.63) is 130 Å². The lowest BCUT2D eigenvalue weighted by Gasteiger charge is -2.37. The molecule has 242 valence electrons. The highest BCUT2D eigenvalue weighted by Gasteiger charge is 2.56. The van der Waals surface area contributed by atoms with Gasteiger partial charge in [-0.3, -0.25) is 14.4 Å². The number of benzene rings is 3. The number of carboxylic acid groups (broad SMARTS) is 1. The third-order valence-electron chi connectivity index (χ3n) is 10.1. The van der Waals surface area contributed by atoms with Gasteiger partial charge in [-0.2, -0.15) is 5.26 Å². The average Bonchev–Trinajstić information content (AvgIpc) is 3.68. The van der Waals surface area contributed by atoms with Crippen LogP contribution in [0, 0.1) is 28.6 Å². The number of carbonyl (C=O) groups excluding carboxylic acids is 2. The molecule has 1 N–H and O–H groups in total. The van der Waals surface area contributed by atoms with Crippen molar-refractivity contribution in [2.24, 2.45) is 17.3 Å². The van der Waals surface area contributed by atoms with Crippen molar-refractivity contribution < 1.29 is 19.5 Å². The van der Waals surface area contributed by atoms with Gasteiger partial charge in [0, 0.05) is 17.0 Å². The van der Waals surface area contributed by atoms with Crippen molar-refractivity contribution in [2.45, 2.75) is 84.0 Å². The van der Waals surface area contributed by atoms with Crippen LogP contribution in [-0.2, 0) is 22.0 Å². The number of hydrogen-bond acceptors (Lipinski definition) is 4. The van der Waals surface area contributed by atoms with Crippen LogP contribution in [0.4, 0.5) is 0 Å². The average molecular weight is 628 g/mol. The van der Waals surface area contributed by atoms with Crippen LogP contribution in [0.1, 0.15) is 110 Å². The minimum Gasteiger partial charge on any atom is -0.481 e. The minimum atomic E-state index is -1.47. The number of fused-ring (bicyclic) bond motifs is 2. The number of aryl methyl sites for hydroxylation is 1. The van der Waals surface area contributed by atoms with E-state index in [-0.39, 0.29) is 28.3 Å². The van der Waals surface area contributed by atoms with E-state index in [1.54, 1.807) is 42.5 Å². The zero-order valence-corrected chi connectivity index (χ0v) is 28.3. The fourth-order valence-electron chi connectivity index (χ4n) is 7.31. The van der Waals surface area contributed by atoms with Crippen LogP contribution in [0.2, 0.25) is 0 Å². The summed E-state index contributed by atoms with van der Waals surface area (Å²) < 4.78 is 0. The molecule has 0 heterocycles. The maximum atomic E-state index is 14.3. The quantitative estimate of drug-likeness (QED) is 0.225. The molecule has 6 rings (SSSR count). The number of nitrogens with zero attached hydrogens (tertiary/aromatic N) is 1. The Morgan fingerprint density at radius 1 is 0.766 bits per heavy atom. The van der Waals surface area contributed by atoms with Gasteiger partial charge < -0.3 is 5.11 Å². The molecule has 0 radical (unpaired) electrons. The molecule has 0 saturated heterocycles. The van der Waals surface area contributed by atoms with Gasteiger partial charge in [-0.25, -0.2) is 0 Å². The van der Waals surface area contributed by atoms with Gasteiger partial charge in [-0.15, -0.1) is 0 Å². The van der Waals surface area contributed by atoms with Crippen LogP contribution in [0.15, 0.2) is 96.6 Å². The van der Waals surface area contributed by atoms with Gasteiger partial charge in [0.05, 0.1) is 17.9 Å². The predicted molar refractivity (Wildman–Crippen MR) is 186 cm³/mol. The number of Topliss-reactive ketones (excluding diaryl/α,β-unsaturated/α-hetero) is 2. The van der Waals surface area contributed by atoms with Gasteiger partial charge in [-0.05, 0) is 58.8 Å². The molecule has 0 spiro atoms. The Morgan fingerprint density at radius 2 is 1.30 bits per heavy atom. The lowest BCUT2D eigenvalue weighted by atomic mass is 9.61. The number of rotatable bonds is 5. The Bertz CT molecular complexity index is 1700. The molecule has 0 amide bonds. The summed E-state index contributed by atoms with van der Waals surface area (Å²) in [5, 5.41) is 18.6. The Balaban J connectivity index is 0.000000330. The van der Waals surface area contributed by atoms with E-state index in [0.29, 0.717) is 29.5 Å². The molecule has 3 unspecified atom stereocenters. The van der Waals surface area contributed by atoms with Crippen molar-refractivity contribution in [1.29, 1.82) is 5.26 Å². The largest absolute Gasteiger partial charge is 0.481 e. The molecule has 0 bridgehead atoms. The maximum absolute atomic E-state index is 14.3. The fraction of sp³-hybridized carbons (Fsp3) is 0.381. The third-order valence-corrected chi connectivity index (χ3v) is 10.1. The zero-order chi connectivity index (χ0) is 34.1. The van der Waals surface area contributed by atoms with E-state index in [1.807, 2.05) is 36.4 Å². The Morgan fingerprint density at radius 3 is 1.79 bits per heavy atom. The van der Waals surface area contributed by atoms with Crippen LogP contribution in [0.5, 0.6) is 0 Å². The topological polar surface area (TPSA) is 95.2 Å². The highest BCUT2D eigenvalue weighted by molar-refractivity contribution is 6.22. The highest BCUT2D eigenvalue weighted by atomic mass is 16.4. The third kappa shape index (κ3) is 6.52.